The van der Waals surface area contributed by atoms with E-state index in [1.54, 1.807) is 18.2 Å². The number of benzene rings is 1. The van der Waals surface area contributed by atoms with Crippen molar-refractivity contribution in [2.45, 2.75) is 26.4 Å². The summed E-state index contributed by atoms with van der Waals surface area (Å²) in [5.41, 5.74) is 1.87. The zero-order chi connectivity index (χ0) is 19.4. The predicted molar refractivity (Wildman–Crippen MR) is 102 cm³/mol. The first kappa shape index (κ1) is 19.4. The van der Waals surface area contributed by atoms with Gasteiger partial charge < -0.3 is 9.84 Å². The molecule has 1 fully saturated rings. The Balaban J connectivity index is 1.51. The molecule has 1 aromatic heterocycles. The van der Waals surface area contributed by atoms with Gasteiger partial charge in [0.1, 0.15) is 6.07 Å². The minimum Gasteiger partial charge on any atom is -0.360 e. The number of anilines is 1. The Kier molecular flexibility index (Phi) is 6.11. The third-order valence-corrected chi connectivity index (χ3v) is 5.06. The summed E-state index contributed by atoms with van der Waals surface area (Å²) in [5, 5.41) is 16.0. The molecule has 1 saturated heterocycles. The van der Waals surface area contributed by atoms with E-state index in [1.165, 1.54) is 0 Å². The number of nitrogens with zero attached hydrogens (tertiary/aromatic N) is 4. The van der Waals surface area contributed by atoms with E-state index in [0.717, 1.165) is 44.2 Å². The number of carbonyl (C=O) groups is 1. The Hall–Kier alpha value is -2.40. The van der Waals surface area contributed by atoms with E-state index >= 15 is 0 Å². The van der Waals surface area contributed by atoms with Crippen molar-refractivity contribution in [3.8, 4) is 6.07 Å². The van der Waals surface area contributed by atoms with Crippen molar-refractivity contribution in [2.75, 3.05) is 31.5 Å². The van der Waals surface area contributed by atoms with Crippen LogP contribution in [0.2, 0.25) is 5.02 Å². The molecule has 7 nitrogen and oxygen atoms in total. The summed E-state index contributed by atoms with van der Waals surface area (Å²) >= 11 is 6.02. The third kappa shape index (κ3) is 4.86. The van der Waals surface area contributed by atoms with E-state index in [0.29, 0.717) is 16.3 Å². The Labute approximate surface area is 163 Å². The van der Waals surface area contributed by atoms with Crippen molar-refractivity contribution in [3.05, 3.63) is 46.3 Å². The number of aromatic nitrogens is 1. The number of carbonyl (C=O) groups excluding carboxylic acids is 1. The molecule has 3 rings (SSSR count). The van der Waals surface area contributed by atoms with Gasteiger partial charge in [0.15, 0.2) is 5.76 Å². The van der Waals surface area contributed by atoms with Crippen LogP contribution in [0.5, 0.6) is 0 Å². The maximum Gasteiger partial charge on any atom is 0.241 e. The van der Waals surface area contributed by atoms with Crippen molar-refractivity contribution in [1.29, 1.82) is 5.26 Å². The van der Waals surface area contributed by atoms with Gasteiger partial charge in [-0.2, -0.15) is 5.26 Å². The first-order valence-corrected chi connectivity index (χ1v) is 9.23. The second-order valence-electron chi connectivity index (χ2n) is 6.72. The number of hydrogen-bond donors (Lipinski definition) is 1. The zero-order valence-corrected chi connectivity index (χ0v) is 16.2. The molecule has 0 spiro atoms. The highest BCUT2D eigenvalue weighted by Crippen LogP contribution is 2.21. The molecule has 8 heteroatoms. The van der Waals surface area contributed by atoms with Gasteiger partial charge in [-0.05, 0) is 32.0 Å². The topological polar surface area (TPSA) is 85.4 Å². The predicted octanol–water partition coefficient (Wildman–Crippen LogP) is 2.65. The Morgan fingerprint density at radius 2 is 2.11 bits per heavy atom. The van der Waals surface area contributed by atoms with Crippen LogP contribution in [0, 0.1) is 18.3 Å². The quantitative estimate of drug-likeness (QED) is 0.848. The number of nitrogens with one attached hydrogen (secondary N) is 1. The maximum absolute atomic E-state index is 12.6. The smallest absolute Gasteiger partial charge is 0.241 e. The van der Waals surface area contributed by atoms with Crippen molar-refractivity contribution in [2.24, 2.45) is 0 Å². The van der Waals surface area contributed by atoms with Crippen molar-refractivity contribution in [1.82, 2.24) is 15.0 Å². The van der Waals surface area contributed by atoms with E-state index in [-0.39, 0.29) is 11.9 Å². The average molecular weight is 388 g/mol. The molecule has 1 amide bonds. The van der Waals surface area contributed by atoms with E-state index in [9.17, 15) is 4.79 Å². The van der Waals surface area contributed by atoms with Crippen LogP contribution >= 0.6 is 11.6 Å². The lowest BCUT2D eigenvalue weighted by molar-refractivity contribution is -0.121. The molecule has 0 aliphatic carbocycles. The molecule has 0 radical (unpaired) electrons. The van der Waals surface area contributed by atoms with Crippen molar-refractivity contribution in [3.63, 3.8) is 0 Å². The summed E-state index contributed by atoms with van der Waals surface area (Å²) in [6, 6.07) is 8.59. The summed E-state index contributed by atoms with van der Waals surface area (Å²) in [6.07, 6.45) is 0. The highest BCUT2D eigenvalue weighted by atomic mass is 35.5. The molecule has 0 unspecified atom stereocenters. The Morgan fingerprint density at radius 3 is 2.70 bits per heavy atom. The van der Waals surface area contributed by atoms with Gasteiger partial charge in [-0.15, -0.1) is 0 Å². The van der Waals surface area contributed by atoms with Crippen LogP contribution in [0.1, 0.15) is 23.9 Å². The first-order chi connectivity index (χ1) is 13.0. The zero-order valence-electron chi connectivity index (χ0n) is 15.4. The molecule has 142 valence electrons. The summed E-state index contributed by atoms with van der Waals surface area (Å²) in [4.78, 5) is 17.0. The lowest BCUT2D eigenvalue weighted by atomic mass is 10.2. The molecule has 0 bridgehead atoms. The van der Waals surface area contributed by atoms with Crippen LogP contribution in [0.15, 0.2) is 28.8 Å². The van der Waals surface area contributed by atoms with Crippen LogP contribution in [0.25, 0.3) is 0 Å². The van der Waals surface area contributed by atoms with Gasteiger partial charge in [-0.3, -0.25) is 14.6 Å². The molecule has 27 heavy (non-hydrogen) atoms. The van der Waals surface area contributed by atoms with Gasteiger partial charge >= 0.3 is 0 Å². The largest absolute Gasteiger partial charge is 0.360 e. The summed E-state index contributed by atoms with van der Waals surface area (Å²) < 4.78 is 5.27. The standard InChI is InChI=1S/C19H22ClN5O2/c1-13-9-17(27-23-13)12-24-5-7-25(8-6-24)14(2)19(26)22-16-4-3-15(11-21)18(20)10-16/h3-4,9-10,14H,5-8,12H2,1-2H3,(H,22,26)/t14-/m0/s1. The summed E-state index contributed by atoms with van der Waals surface area (Å²) in [6.45, 7) is 7.87. The first-order valence-electron chi connectivity index (χ1n) is 8.85. The lowest BCUT2D eigenvalue weighted by Crippen LogP contribution is -2.52. The molecule has 2 aromatic rings. The fraction of sp³-hybridized carbons (Fsp3) is 0.421. The normalized spacial score (nSPS) is 16.7. The number of hydrogen-bond acceptors (Lipinski definition) is 6. The van der Waals surface area contributed by atoms with Gasteiger partial charge in [0.05, 0.1) is 28.9 Å². The number of aryl methyl sites for hydroxylation is 1. The van der Waals surface area contributed by atoms with Gasteiger partial charge in [0, 0.05) is 37.9 Å². The monoisotopic (exact) mass is 387 g/mol. The maximum atomic E-state index is 12.6. The second kappa shape index (κ2) is 8.53. The number of amides is 1. The molecule has 1 aliphatic heterocycles. The number of piperazine rings is 1. The van der Waals surface area contributed by atoms with Gasteiger partial charge in [-0.25, -0.2) is 0 Å². The summed E-state index contributed by atoms with van der Waals surface area (Å²) in [7, 11) is 0. The molecule has 1 atom stereocenters. The van der Waals surface area contributed by atoms with Crippen LogP contribution in [-0.2, 0) is 11.3 Å². The molecule has 1 aromatic carbocycles. The highest BCUT2D eigenvalue weighted by molar-refractivity contribution is 6.32. The second-order valence-corrected chi connectivity index (χ2v) is 7.13. The van der Waals surface area contributed by atoms with Crippen LogP contribution < -0.4 is 5.32 Å². The van der Waals surface area contributed by atoms with Gasteiger partial charge in [0.25, 0.3) is 0 Å². The van der Waals surface area contributed by atoms with Crippen molar-refractivity contribution < 1.29 is 9.32 Å². The lowest BCUT2D eigenvalue weighted by Gasteiger charge is -2.37. The Bertz CT molecular complexity index is 852. The minimum atomic E-state index is -0.255. The Morgan fingerprint density at radius 1 is 1.37 bits per heavy atom. The molecule has 1 aliphatic rings. The van der Waals surface area contributed by atoms with E-state index in [4.69, 9.17) is 21.4 Å². The van der Waals surface area contributed by atoms with E-state index in [2.05, 4.69) is 20.3 Å². The molecule has 2 heterocycles. The molecule has 0 saturated carbocycles. The van der Waals surface area contributed by atoms with Crippen molar-refractivity contribution >= 4 is 23.2 Å². The van der Waals surface area contributed by atoms with Crippen LogP contribution in [0.4, 0.5) is 5.69 Å². The third-order valence-electron chi connectivity index (χ3n) is 4.75. The highest BCUT2D eigenvalue weighted by Gasteiger charge is 2.26. The fourth-order valence-electron chi connectivity index (χ4n) is 3.12. The van der Waals surface area contributed by atoms with Gasteiger partial charge in [-0.1, -0.05) is 16.8 Å². The van der Waals surface area contributed by atoms with Crippen LogP contribution in [-0.4, -0.2) is 53.1 Å². The van der Waals surface area contributed by atoms with Crippen LogP contribution in [0.3, 0.4) is 0 Å². The van der Waals surface area contributed by atoms with Gasteiger partial charge in [0.2, 0.25) is 5.91 Å². The molecular weight excluding hydrogens is 366 g/mol. The number of nitriles is 1. The average Bonchev–Trinajstić information content (AvgIpc) is 3.06. The molecule has 1 N–H and O–H groups in total. The molecular formula is C19H22ClN5O2. The summed E-state index contributed by atoms with van der Waals surface area (Å²) in [5.74, 6) is 0.777. The number of halogens is 1. The fourth-order valence-corrected chi connectivity index (χ4v) is 3.34. The van der Waals surface area contributed by atoms with E-state index in [1.807, 2.05) is 26.0 Å². The number of rotatable bonds is 5. The SMILES string of the molecule is Cc1cc(CN2CCN([C@@H](C)C(=O)Nc3ccc(C#N)c(Cl)c3)CC2)on1. The minimum absolute atomic E-state index is 0.0879. The van der Waals surface area contributed by atoms with E-state index < -0.39 is 0 Å².